The Bertz CT molecular complexity index is 3510. The summed E-state index contributed by atoms with van der Waals surface area (Å²) < 4.78 is 2.58. The third kappa shape index (κ3) is 4.88. The maximum Gasteiger partial charge on any atom is 0.0726 e. The Labute approximate surface area is 359 Å². The van der Waals surface area contributed by atoms with Crippen molar-refractivity contribution in [2.24, 2.45) is 0 Å². The molecular weight excluding hydrogens is 755 g/mol. The highest BCUT2D eigenvalue weighted by Crippen LogP contribution is 2.65. The highest BCUT2D eigenvalue weighted by molar-refractivity contribution is 7.26. The summed E-state index contributed by atoms with van der Waals surface area (Å²) in [4.78, 5) is 2.58. The average molecular weight is 792 g/mol. The summed E-state index contributed by atoms with van der Waals surface area (Å²) in [5.41, 5.74) is 18.4. The van der Waals surface area contributed by atoms with E-state index in [0.717, 1.165) is 5.69 Å². The number of anilines is 3. The van der Waals surface area contributed by atoms with Gasteiger partial charge < -0.3 is 4.90 Å². The molecule has 0 atom stereocenters. The van der Waals surface area contributed by atoms with E-state index in [4.69, 9.17) is 0 Å². The predicted molar refractivity (Wildman–Crippen MR) is 259 cm³/mol. The van der Waals surface area contributed by atoms with Crippen LogP contribution in [0.3, 0.4) is 0 Å². The number of hydrogen-bond acceptors (Lipinski definition) is 2. The smallest absolute Gasteiger partial charge is 0.0726 e. The number of fused-ring (bicyclic) bond motifs is 15. The Morgan fingerprint density at radius 3 is 1.67 bits per heavy atom. The van der Waals surface area contributed by atoms with Gasteiger partial charge in [-0.2, -0.15) is 0 Å². The van der Waals surface area contributed by atoms with Crippen LogP contribution in [0.4, 0.5) is 17.1 Å². The van der Waals surface area contributed by atoms with Gasteiger partial charge in [-0.15, -0.1) is 11.3 Å². The zero-order chi connectivity index (χ0) is 40.1. The molecule has 10 aromatic carbocycles. The predicted octanol–water partition coefficient (Wildman–Crippen LogP) is 16.4. The fourth-order valence-electron chi connectivity index (χ4n) is 10.8. The molecule has 61 heavy (non-hydrogen) atoms. The average Bonchev–Trinajstić information content (AvgIpc) is 3.97. The molecule has 0 aliphatic heterocycles. The lowest BCUT2D eigenvalue weighted by atomic mass is 9.70. The molecule has 0 saturated heterocycles. The normalized spacial score (nSPS) is 13.0. The van der Waals surface area contributed by atoms with Crippen molar-refractivity contribution in [3.8, 4) is 44.5 Å². The van der Waals surface area contributed by atoms with Crippen LogP contribution in [-0.4, -0.2) is 0 Å². The van der Waals surface area contributed by atoms with E-state index in [1.807, 2.05) is 11.3 Å². The summed E-state index contributed by atoms with van der Waals surface area (Å²) in [7, 11) is 0. The van der Waals surface area contributed by atoms with E-state index >= 15 is 0 Å². The van der Waals surface area contributed by atoms with Gasteiger partial charge in [-0.05, 0) is 108 Å². The van der Waals surface area contributed by atoms with Crippen molar-refractivity contribution in [3.05, 3.63) is 247 Å². The number of thiophene rings is 1. The van der Waals surface area contributed by atoms with Crippen molar-refractivity contribution in [2.75, 3.05) is 4.90 Å². The summed E-state index contributed by atoms with van der Waals surface area (Å²) >= 11 is 1.90. The van der Waals surface area contributed by atoms with Crippen LogP contribution in [0.25, 0.3) is 75.5 Å². The van der Waals surface area contributed by atoms with Gasteiger partial charge in [-0.1, -0.05) is 188 Å². The standard InChI is InChI=1S/C59H37NS/c1-2-17-38(18-3-1)39-20-14-21-40(35-39)41-22-15-23-43(36-41)60(54-37-42-19-4-5-24-44(42)56-48-28-9-13-34-55(48)61-58(54)56)53-33-16-32-52-57(53)47-27-8-12-31-51(47)59(52)49-29-10-6-25-45(49)46-26-7-11-30-50(46)59/h1-37H. The Morgan fingerprint density at radius 1 is 0.361 bits per heavy atom. The molecule has 11 aromatic rings. The van der Waals surface area contributed by atoms with Crippen molar-refractivity contribution in [1.29, 1.82) is 0 Å². The lowest BCUT2D eigenvalue weighted by Crippen LogP contribution is -2.26. The van der Waals surface area contributed by atoms with E-state index in [1.165, 1.54) is 109 Å². The van der Waals surface area contributed by atoms with Crippen LogP contribution >= 0.6 is 11.3 Å². The van der Waals surface area contributed by atoms with Crippen LogP contribution in [0, 0.1) is 0 Å². The van der Waals surface area contributed by atoms with E-state index in [2.05, 4.69) is 229 Å². The first-order chi connectivity index (χ1) is 30.3. The zero-order valence-electron chi connectivity index (χ0n) is 33.2. The van der Waals surface area contributed by atoms with Gasteiger partial charge >= 0.3 is 0 Å². The topological polar surface area (TPSA) is 3.24 Å². The van der Waals surface area contributed by atoms with Gasteiger partial charge in [0.1, 0.15) is 0 Å². The Kier molecular flexibility index (Phi) is 7.46. The molecule has 0 saturated carbocycles. The minimum atomic E-state index is -0.448. The van der Waals surface area contributed by atoms with Gasteiger partial charge in [0.05, 0.1) is 21.5 Å². The minimum Gasteiger partial charge on any atom is -0.308 e. The van der Waals surface area contributed by atoms with Crippen molar-refractivity contribution in [2.45, 2.75) is 5.41 Å². The number of rotatable bonds is 5. The van der Waals surface area contributed by atoms with Gasteiger partial charge in [0, 0.05) is 26.7 Å². The molecule has 1 spiro atoms. The summed E-state index contributed by atoms with van der Waals surface area (Å²) in [5, 5.41) is 5.13. The maximum atomic E-state index is 2.58. The molecule has 13 rings (SSSR count). The molecule has 0 N–H and O–H groups in total. The largest absolute Gasteiger partial charge is 0.308 e. The van der Waals surface area contributed by atoms with Gasteiger partial charge in [0.15, 0.2) is 0 Å². The molecule has 0 radical (unpaired) electrons. The van der Waals surface area contributed by atoms with E-state index < -0.39 is 5.41 Å². The minimum absolute atomic E-state index is 0.448. The maximum absolute atomic E-state index is 2.58. The summed E-state index contributed by atoms with van der Waals surface area (Å²) in [5.74, 6) is 0. The van der Waals surface area contributed by atoms with Crippen LogP contribution in [0.2, 0.25) is 0 Å². The van der Waals surface area contributed by atoms with E-state index in [9.17, 15) is 0 Å². The molecule has 0 fully saturated rings. The molecule has 1 nitrogen and oxygen atoms in total. The molecule has 0 amide bonds. The Balaban J connectivity index is 1.13. The molecule has 2 heteroatoms. The van der Waals surface area contributed by atoms with Crippen LogP contribution < -0.4 is 4.90 Å². The van der Waals surface area contributed by atoms with Crippen molar-refractivity contribution >= 4 is 59.3 Å². The molecule has 2 aliphatic carbocycles. The molecule has 0 bridgehead atoms. The number of nitrogens with zero attached hydrogens (tertiary/aromatic N) is 1. The second-order valence-electron chi connectivity index (χ2n) is 16.3. The fraction of sp³-hybridized carbons (Fsp3) is 0.0169. The van der Waals surface area contributed by atoms with Crippen LogP contribution in [0.5, 0.6) is 0 Å². The first-order valence-corrected chi connectivity index (χ1v) is 21.9. The SMILES string of the molecule is c1ccc(-c2cccc(-c3cccc(N(c4cccc5c4-c4ccccc4C54c5ccccc5-c5ccccc54)c4cc5ccccc5c5c4sc4ccccc45)c3)c2)cc1. The second-order valence-corrected chi connectivity index (χ2v) is 17.4. The Morgan fingerprint density at radius 2 is 0.902 bits per heavy atom. The molecular formula is C59H37NS. The van der Waals surface area contributed by atoms with E-state index in [1.54, 1.807) is 0 Å². The highest BCUT2D eigenvalue weighted by atomic mass is 32.1. The van der Waals surface area contributed by atoms with Gasteiger partial charge in [-0.3, -0.25) is 0 Å². The van der Waals surface area contributed by atoms with Crippen LogP contribution in [0.1, 0.15) is 22.3 Å². The van der Waals surface area contributed by atoms with E-state index in [-0.39, 0.29) is 0 Å². The summed E-state index contributed by atoms with van der Waals surface area (Å²) in [6.07, 6.45) is 0. The molecule has 284 valence electrons. The molecule has 0 unspecified atom stereocenters. The molecule has 1 aromatic heterocycles. The molecule has 2 aliphatic rings. The monoisotopic (exact) mass is 791 g/mol. The lowest BCUT2D eigenvalue weighted by Gasteiger charge is -2.32. The van der Waals surface area contributed by atoms with Crippen molar-refractivity contribution in [1.82, 2.24) is 0 Å². The van der Waals surface area contributed by atoms with Gasteiger partial charge in [0.25, 0.3) is 0 Å². The third-order valence-electron chi connectivity index (χ3n) is 13.2. The highest BCUT2D eigenvalue weighted by Gasteiger charge is 2.52. The first-order valence-electron chi connectivity index (χ1n) is 21.1. The fourth-order valence-corrected chi connectivity index (χ4v) is 12.0. The van der Waals surface area contributed by atoms with Crippen LogP contribution in [-0.2, 0) is 5.41 Å². The van der Waals surface area contributed by atoms with Gasteiger partial charge in [-0.25, -0.2) is 0 Å². The van der Waals surface area contributed by atoms with Crippen molar-refractivity contribution < 1.29 is 0 Å². The summed E-state index contributed by atoms with van der Waals surface area (Å²) in [6.45, 7) is 0. The summed E-state index contributed by atoms with van der Waals surface area (Å²) in [6, 6.07) is 83.5. The lowest BCUT2D eigenvalue weighted by molar-refractivity contribution is 0.794. The van der Waals surface area contributed by atoms with Crippen molar-refractivity contribution in [3.63, 3.8) is 0 Å². The van der Waals surface area contributed by atoms with Gasteiger partial charge in [0.2, 0.25) is 0 Å². The zero-order valence-corrected chi connectivity index (χ0v) is 34.0. The molecule has 1 heterocycles. The van der Waals surface area contributed by atoms with E-state index in [0.29, 0.717) is 0 Å². The number of hydrogen-bond donors (Lipinski definition) is 0. The first kappa shape index (κ1) is 34.4. The number of benzene rings is 10. The second kappa shape index (κ2) is 13.2. The Hall–Kier alpha value is -7.52. The quantitative estimate of drug-likeness (QED) is 0.168. The van der Waals surface area contributed by atoms with Crippen LogP contribution in [0.15, 0.2) is 224 Å². The third-order valence-corrected chi connectivity index (χ3v) is 14.4.